The van der Waals surface area contributed by atoms with Gasteiger partial charge in [-0.25, -0.2) is 0 Å². The molecule has 0 bridgehead atoms. The van der Waals surface area contributed by atoms with E-state index in [0.717, 1.165) is 31.8 Å². The maximum Gasteiger partial charge on any atom is 0.220 e. The summed E-state index contributed by atoms with van der Waals surface area (Å²) in [6, 6.07) is 0.408. The summed E-state index contributed by atoms with van der Waals surface area (Å²) in [6.07, 6.45) is 3.03. The van der Waals surface area contributed by atoms with Crippen molar-refractivity contribution >= 4 is 5.91 Å². The van der Waals surface area contributed by atoms with Crippen molar-refractivity contribution in [2.24, 2.45) is 5.92 Å². The van der Waals surface area contributed by atoms with Gasteiger partial charge in [0, 0.05) is 25.6 Å². The molecule has 0 saturated carbocycles. The molecule has 0 spiro atoms. The van der Waals surface area contributed by atoms with Gasteiger partial charge < -0.3 is 15.5 Å². The van der Waals surface area contributed by atoms with Gasteiger partial charge in [0.2, 0.25) is 5.91 Å². The van der Waals surface area contributed by atoms with Crippen molar-refractivity contribution in [1.29, 1.82) is 0 Å². The average Bonchev–Trinajstić information content (AvgIpc) is 2.78. The van der Waals surface area contributed by atoms with Crippen molar-refractivity contribution < 1.29 is 4.79 Å². The predicted octanol–water partition coefficient (Wildman–Crippen LogP) is -0.194. The molecule has 1 amide bonds. The van der Waals surface area contributed by atoms with Gasteiger partial charge in [-0.05, 0) is 38.9 Å². The smallest absolute Gasteiger partial charge is 0.220 e. The van der Waals surface area contributed by atoms with Crippen LogP contribution in [0.25, 0.3) is 0 Å². The maximum atomic E-state index is 11.1. The maximum absolute atomic E-state index is 11.1. The summed E-state index contributed by atoms with van der Waals surface area (Å²) in [5.41, 5.74) is 0. The molecule has 15 heavy (non-hydrogen) atoms. The van der Waals surface area contributed by atoms with Crippen molar-refractivity contribution in [2.75, 3.05) is 33.2 Å². The Labute approximate surface area is 91.4 Å². The molecule has 86 valence electrons. The second-order valence-electron chi connectivity index (χ2n) is 4.78. The standard InChI is InChI=1S/C11H21N3O/c1-12-6-9-4-5-14(7-9)8-10-2-3-11(15)13-10/h9-10,12H,2-8H2,1H3,(H,13,15). The Hall–Kier alpha value is -0.610. The molecule has 4 heteroatoms. The molecular weight excluding hydrogens is 190 g/mol. The van der Waals surface area contributed by atoms with E-state index in [2.05, 4.69) is 15.5 Å². The van der Waals surface area contributed by atoms with E-state index in [1.54, 1.807) is 0 Å². The number of hydrogen-bond acceptors (Lipinski definition) is 3. The summed E-state index contributed by atoms with van der Waals surface area (Å²) in [5.74, 6) is 1.03. The van der Waals surface area contributed by atoms with Crippen LogP contribution in [0.4, 0.5) is 0 Å². The van der Waals surface area contributed by atoms with Crippen LogP contribution in [0.3, 0.4) is 0 Å². The monoisotopic (exact) mass is 211 g/mol. The van der Waals surface area contributed by atoms with Gasteiger partial charge in [-0.3, -0.25) is 4.79 Å². The molecule has 2 aliphatic rings. The van der Waals surface area contributed by atoms with Gasteiger partial charge in [0.15, 0.2) is 0 Å². The third kappa shape index (κ3) is 2.92. The number of amides is 1. The molecule has 2 saturated heterocycles. The van der Waals surface area contributed by atoms with E-state index in [0.29, 0.717) is 6.04 Å². The lowest BCUT2D eigenvalue weighted by Gasteiger charge is -2.20. The SMILES string of the molecule is CNCC1CCN(CC2CCC(=O)N2)C1. The van der Waals surface area contributed by atoms with Gasteiger partial charge in [0.1, 0.15) is 0 Å². The van der Waals surface area contributed by atoms with Crippen LogP contribution in [0.2, 0.25) is 0 Å². The van der Waals surface area contributed by atoms with E-state index in [9.17, 15) is 4.79 Å². The number of carbonyl (C=O) groups excluding carboxylic acids is 1. The van der Waals surface area contributed by atoms with Crippen LogP contribution < -0.4 is 10.6 Å². The van der Waals surface area contributed by atoms with E-state index in [1.807, 2.05) is 7.05 Å². The minimum atomic E-state index is 0.228. The number of likely N-dealkylation sites (tertiary alicyclic amines) is 1. The zero-order valence-electron chi connectivity index (χ0n) is 9.46. The van der Waals surface area contributed by atoms with Gasteiger partial charge >= 0.3 is 0 Å². The summed E-state index contributed by atoms with van der Waals surface area (Å²) < 4.78 is 0. The summed E-state index contributed by atoms with van der Waals surface area (Å²) in [5, 5.41) is 6.27. The Bertz CT molecular complexity index is 232. The molecule has 2 N–H and O–H groups in total. The van der Waals surface area contributed by atoms with Gasteiger partial charge in [0.25, 0.3) is 0 Å². The molecule has 2 heterocycles. The molecule has 0 aromatic carbocycles. The fourth-order valence-electron chi connectivity index (χ4n) is 2.66. The predicted molar refractivity (Wildman–Crippen MR) is 59.6 cm³/mol. The molecule has 2 unspecified atom stereocenters. The topological polar surface area (TPSA) is 44.4 Å². The summed E-state index contributed by atoms with van der Waals surface area (Å²) in [6.45, 7) is 4.55. The third-order valence-electron chi connectivity index (χ3n) is 3.43. The van der Waals surface area contributed by atoms with Crippen LogP contribution in [-0.4, -0.2) is 50.1 Å². The second-order valence-corrected chi connectivity index (χ2v) is 4.78. The van der Waals surface area contributed by atoms with Crippen LogP contribution >= 0.6 is 0 Å². The van der Waals surface area contributed by atoms with E-state index in [4.69, 9.17) is 0 Å². The van der Waals surface area contributed by atoms with Crippen LogP contribution in [0.5, 0.6) is 0 Å². The summed E-state index contributed by atoms with van der Waals surface area (Å²) in [4.78, 5) is 13.5. The minimum Gasteiger partial charge on any atom is -0.352 e. The number of nitrogens with zero attached hydrogens (tertiary/aromatic N) is 1. The Kier molecular flexibility index (Phi) is 3.59. The first-order valence-corrected chi connectivity index (χ1v) is 5.94. The Morgan fingerprint density at radius 3 is 3.07 bits per heavy atom. The molecule has 0 aliphatic carbocycles. The lowest BCUT2D eigenvalue weighted by atomic mass is 10.1. The van der Waals surface area contributed by atoms with Crippen LogP contribution in [0.1, 0.15) is 19.3 Å². The second kappa shape index (κ2) is 4.94. The van der Waals surface area contributed by atoms with E-state index in [1.165, 1.54) is 19.5 Å². The first-order chi connectivity index (χ1) is 7.28. The van der Waals surface area contributed by atoms with E-state index < -0.39 is 0 Å². The molecule has 0 aromatic rings. The highest BCUT2D eigenvalue weighted by Gasteiger charge is 2.27. The zero-order chi connectivity index (χ0) is 10.7. The van der Waals surface area contributed by atoms with E-state index in [-0.39, 0.29) is 5.91 Å². The van der Waals surface area contributed by atoms with Gasteiger partial charge in [-0.1, -0.05) is 0 Å². The molecule has 0 radical (unpaired) electrons. The van der Waals surface area contributed by atoms with Gasteiger partial charge in [-0.15, -0.1) is 0 Å². The number of hydrogen-bond donors (Lipinski definition) is 2. The third-order valence-corrected chi connectivity index (χ3v) is 3.43. The van der Waals surface area contributed by atoms with Crippen molar-refractivity contribution in [3.63, 3.8) is 0 Å². The lowest BCUT2D eigenvalue weighted by Crippen LogP contribution is -2.38. The highest BCUT2D eigenvalue weighted by Crippen LogP contribution is 2.17. The quantitative estimate of drug-likeness (QED) is 0.677. The lowest BCUT2D eigenvalue weighted by molar-refractivity contribution is -0.119. The molecule has 4 nitrogen and oxygen atoms in total. The normalized spacial score (nSPS) is 32.2. The summed E-state index contributed by atoms with van der Waals surface area (Å²) >= 11 is 0. The number of rotatable bonds is 4. The average molecular weight is 211 g/mol. The van der Waals surface area contributed by atoms with Crippen LogP contribution in [-0.2, 0) is 4.79 Å². The summed E-state index contributed by atoms with van der Waals surface area (Å²) in [7, 11) is 2.01. The van der Waals surface area contributed by atoms with Gasteiger partial charge in [0.05, 0.1) is 0 Å². The molecule has 2 fully saturated rings. The Balaban J connectivity index is 1.70. The number of carbonyl (C=O) groups is 1. The highest BCUT2D eigenvalue weighted by molar-refractivity contribution is 5.78. The molecule has 2 atom stereocenters. The van der Waals surface area contributed by atoms with Crippen molar-refractivity contribution in [2.45, 2.75) is 25.3 Å². The fraction of sp³-hybridized carbons (Fsp3) is 0.909. The van der Waals surface area contributed by atoms with Crippen molar-refractivity contribution in [1.82, 2.24) is 15.5 Å². The first-order valence-electron chi connectivity index (χ1n) is 5.94. The molecule has 2 aliphatic heterocycles. The van der Waals surface area contributed by atoms with E-state index >= 15 is 0 Å². The van der Waals surface area contributed by atoms with Crippen LogP contribution in [0, 0.1) is 5.92 Å². The zero-order valence-corrected chi connectivity index (χ0v) is 9.46. The minimum absolute atomic E-state index is 0.228. The van der Waals surface area contributed by atoms with Crippen molar-refractivity contribution in [3.05, 3.63) is 0 Å². The molecule has 0 aromatic heterocycles. The molecular formula is C11H21N3O. The van der Waals surface area contributed by atoms with Crippen LogP contribution in [0.15, 0.2) is 0 Å². The Morgan fingerprint density at radius 2 is 2.40 bits per heavy atom. The highest BCUT2D eigenvalue weighted by atomic mass is 16.1. The largest absolute Gasteiger partial charge is 0.352 e. The molecule has 2 rings (SSSR count). The van der Waals surface area contributed by atoms with Gasteiger partial charge in [-0.2, -0.15) is 0 Å². The van der Waals surface area contributed by atoms with Crippen molar-refractivity contribution in [3.8, 4) is 0 Å². The fourth-order valence-corrected chi connectivity index (χ4v) is 2.66. The Morgan fingerprint density at radius 1 is 1.53 bits per heavy atom. The first kappa shape index (κ1) is 10.9. The number of nitrogens with one attached hydrogen (secondary N) is 2.